The molecule has 0 saturated carbocycles. The molecule has 0 amide bonds. The van der Waals surface area contributed by atoms with E-state index < -0.39 is 17.1 Å². The highest BCUT2D eigenvalue weighted by molar-refractivity contribution is 5.94. The van der Waals surface area contributed by atoms with Crippen molar-refractivity contribution in [3.05, 3.63) is 40.2 Å². The van der Waals surface area contributed by atoms with Gasteiger partial charge in [-0.25, -0.2) is 4.79 Å². The summed E-state index contributed by atoms with van der Waals surface area (Å²) in [6, 6.07) is 6.19. The lowest BCUT2D eigenvalue weighted by molar-refractivity contribution is 0.0689. The van der Waals surface area contributed by atoms with Crippen molar-refractivity contribution >= 4 is 16.9 Å². The standard InChI is InChI=1S/C15H17NO5/c1-2-3-4-8-21-12-7-5-6-10-9-11(15(18)19)14(17)16(20)13(10)12/h5-7,9,20H,2-4,8H2,1H3,(H,18,19). The van der Waals surface area contributed by atoms with Crippen LogP contribution in [0, 0.1) is 0 Å². The fraction of sp³-hybridized carbons (Fsp3) is 0.333. The van der Waals surface area contributed by atoms with E-state index in [0.717, 1.165) is 19.3 Å². The molecule has 1 aromatic heterocycles. The van der Waals surface area contributed by atoms with E-state index >= 15 is 0 Å². The summed E-state index contributed by atoms with van der Waals surface area (Å²) in [5, 5.41) is 19.3. The third-order valence-corrected chi connectivity index (χ3v) is 3.20. The minimum atomic E-state index is -1.38. The summed E-state index contributed by atoms with van der Waals surface area (Å²) in [4.78, 5) is 22.8. The van der Waals surface area contributed by atoms with Crippen LogP contribution in [-0.2, 0) is 0 Å². The Bertz CT molecular complexity index is 720. The van der Waals surface area contributed by atoms with Crippen molar-refractivity contribution in [3.8, 4) is 5.75 Å². The van der Waals surface area contributed by atoms with Crippen molar-refractivity contribution in [3.63, 3.8) is 0 Å². The predicted molar refractivity (Wildman–Crippen MR) is 77.4 cm³/mol. The number of fused-ring (bicyclic) bond motifs is 1. The molecule has 1 heterocycles. The van der Waals surface area contributed by atoms with Gasteiger partial charge in [0, 0.05) is 5.39 Å². The molecule has 21 heavy (non-hydrogen) atoms. The molecule has 6 nitrogen and oxygen atoms in total. The Morgan fingerprint density at radius 1 is 1.33 bits per heavy atom. The van der Waals surface area contributed by atoms with E-state index in [9.17, 15) is 14.8 Å². The second kappa shape index (κ2) is 6.30. The van der Waals surface area contributed by atoms with Crippen molar-refractivity contribution in [2.75, 3.05) is 6.61 Å². The van der Waals surface area contributed by atoms with E-state index in [4.69, 9.17) is 9.84 Å². The lowest BCUT2D eigenvalue weighted by Gasteiger charge is -2.11. The maximum Gasteiger partial charge on any atom is 0.341 e. The predicted octanol–water partition coefficient (Wildman–Crippen LogP) is 2.51. The summed E-state index contributed by atoms with van der Waals surface area (Å²) in [6.45, 7) is 2.55. The Kier molecular flexibility index (Phi) is 4.47. The topological polar surface area (TPSA) is 88.8 Å². The van der Waals surface area contributed by atoms with Crippen molar-refractivity contribution in [1.29, 1.82) is 0 Å². The molecular weight excluding hydrogens is 274 g/mol. The summed E-state index contributed by atoms with van der Waals surface area (Å²) < 4.78 is 5.93. The molecule has 0 spiro atoms. The lowest BCUT2D eigenvalue weighted by Crippen LogP contribution is -2.25. The van der Waals surface area contributed by atoms with Gasteiger partial charge in [0.2, 0.25) is 0 Å². The first-order valence-electron chi connectivity index (χ1n) is 6.80. The summed E-state index contributed by atoms with van der Waals surface area (Å²) in [6.07, 6.45) is 2.96. The highest BCUT2D eigenvalue weighted by Gasteiger charge is 2.16. The molecule has 0 bridgehead atoms. The van der Waals surface area contributed by atoms with Crippen LogP contribution in [0.3, 0.4) is 0 Å². The zero-order valence-corrected chi connectivity index (χ0v) is 11.7. The molecule has 0 aliphatic rings. The molecule has 112 valence electrons. The number of benzene rings is 1. The molecule has 0 aliphatic heterocycles. The fourth-order valence-corrected chi connectivity index (χ4v) is 2.12. The zero-order chi connectivity index (χ0) is 15.4. The number of aromatic nitrogens is 1. The number of para-hydroxylation sites is 1. The van der Waals surface area contributed by atoms with Gasteiger partial charge in [-0.1, -0.05) is 31.9 Å². The second-order valence-electron chi connectivity index (χ2n) is 4.73. The van der Waals surface area contributed by atoms with Crippen LogP contribution in [0.4, 0.5) is 0 Å². The zero-order valence-electron chi connectivity index (χ0n) is 11.7. The first-order valence-corrected chi connectivity index (χ1v) is 6.80. The van der Waals surface area contributed by atoms with Crippen LogP contribution in [0.25, 0.3) is 10.9 Å². The van der Waals surface area contributed by atoms with Gasteiger partial charge in [-0.15, -0.1) is 4.73 Å². The number of carboxylic acid groups (broad SMARTS) is 1. The van der Waals surface area contributed by atoms with Gasteiger partial charge in [0.1, 0.15) is 16.8 Å². The number of aromatic carboxylic acids is 1. The van der Waals surface area contributed by atoms with Crippen LogP contribution in [0.5, 0.6) is 5.75 Å². The van der Waals surface area contributed by atoms with Crippen LogP contribution in [0.15, 0.2) is 29.1 Å². The van der Waals surface area contributed by atoms with Gasteiger partial charge < -0.3 is 15.1 Å². The van der Waals surface area contributed by atoms with Gasteiger partial charge in [-0.3, -0.25) is 4.79 Å². The first-order chi connectivity index (χ1) is 10.1. The quantitative estimate of drug-likeness (QED) is 0.630. The van der Waals surface area contributed by atoms with E-state index in [1.54, 1.807) is 18.2 Å². The van der Waals surface area contributed by atoms with Gasteiger partial charge in [-0.2, -0.15) is 0 Å². The minimum absolute atomic E-state index is 0.184. The number of nitrogens with zero attached hydrogens (tertiary/aromatic N) is 1. The number of rotatable bonds is 6. The van der Waals surface area contributed by atoms with Crippen LogP contribution in [0.2, 0.25) is 0 Å². The third kappa shape index (κ3) is 2.99. The van der Waals surface area contributed by atoms with Crippen LogP contribution >= 0.6 is 0 Å². The molecule has 0 fully saturated rings. The van der Waals surface area contributed by atoms with Crippen LogP contribution < -0.4 is 10.3 Å². The van der Waals surface area contributed by atoms with Gasteiger partial charge in [0.15, 0.2) is 0 Å². The number of pyridine rings is 1. The molecule has 1 aromatic carbocycles. The maximum absolute atomic E-state index is 11.8. The summed E-state index contributed by atoms with van der Waals surface area (Å²) in [7, 11) is 0. The lowest BCUT2D eigenvalue weighted by atomic mass is 10.1. The largest absolute Gasteiger partial charge is 0.491 e. The van der Waals surface area contributed by atoms with E-state index in [1.165, 1.54) is 6.07 Å². The van der Waals surface area contributed by atoms with Crippen molar-refractivity contribution in [2.45, 2.75) is 26.2 Å². The Morgan fingerprint density at radius 3 is 2.76 bits per heavy atom. The molecule has 2 rings (SSSR count). The maximum atomic E-state index is 11.8. The molecule has 0 atom stereocenters. The molecule has 0 saturated heterocycles. The van der Waals surface area contributed by atoms with Crippen molar-refractivity contribution in [2.24, 2.45) is 0 Å². The average molecular weight is 291 g/mol. The number of carboxylic acids is 1. The average Bonchev–Trinajstić information content (AvgIpc) is 2.47. The Balaban J connectivity index is 2.47. The Morgan fingerprint density at radius 2 is 2.10 bits per heavy atom. The van der Waals surface area contributed by atoms with E-state index in [1.807, 2.05) is 0 Å². The number of unbranched alkanes of at least 4 members (excludes halogenated alkanes) is 2. The van der Waals surface area contributed by atoms with Gasteiger partial charge in [0.25, 0.3) is 5.56 Å². The monoisotopic (exact) mass is 291 g/mol. The number of carbonyl (C=O) groups is 1. The summed E-state index contributed by atoms with van der Waals surface area (Å²) >= 11 is 0. The molecule has 0 aliphatic carbocycles. The van der Waals surface area contributed by atoms with E-state index in [-0.39, 0.29) is 5.52 Å². The minimum Gasteiger partial charge on any atom is -0.491 e. The fourth-order valence-electron chi connectivity index (χ4n) is 2.12. The summed E-state index contributed by atoms with van der Waals surface area (Å²) in [5.74, 6) is -1.01. The third-order valence-electron chi connectivity index (χ3n) is 3.20. The Labute approximate surface area is 121 Å². The van der Waals surface area contributed by atoms with Crippen LogP contribution in [-0.4, -0.2) is 27.6 Å². The van der Waals surface area contributed by atoms with Gasteiger partial charge >= 0.3 is 5.97 Å². The van der Waals surface area contributed by atoms with Gasteiger partial charge in [0.05, 0.1) is 6.61 Å². The molecule has 0 unspecified atom stereocenters. The van der Waals surface area contributed by atoms with E-state index in [0.29, 0.717) is 22.5 Å². The molecule has 2 N–H and O–H groups in total. The summed E-state index contributed by atoms with van der Waals surface area (Å²) in [5.41, 5.74) is -1.27. The second-order valence-corrected chi connectivity index (χ2v) is 4.73. The SMILES string of the molecule is CCCCCOc1cccc2cc(C(=O)O)c(=O)n(O)c12. The highest BCUT2D eigenvalue weighted by Crippen LogP contribution is 2.24. The number of ether oxygens (including phenoxy) is 1. The Hall–Kier alpha value is -2.50. The smallest absolute Gasteiger partial charge is 0.341 e. The number of hydrogen-bond donors (Lipinski definition) is 2. The number of hydrogen-bond acceptors (Lipinski definition) is 4. The normalized spacial score (nSPS) is 10.7. The van der Waals surface area contributed by atoms with Gasteiger partial charge in [-0.05, 0) is 18.6 Å². The molecule has 6 heteroatoms. The molecule has 0 radical (unpaired) electrons. The molecular formula is C15H17NO5. The van der Waals surface area contributed by atoms with E-state index in [2.05, 4.69) is 6.92 Å². The highest BCUT2D eigenvalue weighted by atomic mass is 16.5. The van der Waals surface area contributed by atoms with Crippen LogP contribution in [0.1, 0.15) is 36.5 Å². The first kappa shape index (κ1) is 14.9. The van der Waals surface area contributed by atoms with Crippen molar-refractivity contribution < 1.29 is 19.8 Å². The van der Waals surface area contributed by atoms with Crippen molar-refractivity contribution in [1.82, 2.24) is 4.73 Å². The molecule has 2 aromatic rings.